The monoisotopic (exact) mass is 362 g/mol. The molecule has 1 atom stereocenters. The molecule has 0 saturated carbocycles. The van der Waals surface area contributed by atoms with E-state index in [0.29, 0.717) is 32.2 Å². The molecular weight excluding hydrogens is 336 g/mol. The number of thiophene rings is 1. The van der Waals surface area contributed by atoms with Gasteiger partial charge in [-0.3, -0.25) is 9.59 Å². The first-order chi connectivity index (χ1) is 12.2. The van der Waals surface area contributed by atoms with E-state index in [2.05, 4.69) is 4.90 Å². The molecule has 1 aromatic rings. The molecule has 3 heterocycles. The van der Waals surface area contributed by atoms with Crippen LogP contribution in [0.2, 0.25) is 0 Å². The van der Waals surface area contributed by atoms with Crippen molar-refractivity contribution in [1.82, 2.24) is 9.80 Å². The fraction of sp³-hybridized carbons (Fsp3) is 0.684. The predicted octanol–water partition coefficient (Wildman–Crippen LogP) is 2.34. The first-order valence-corrected chi connectivity index (χ1v) is 10.3. The van der Waals surface area contributed by atoms with Crippen LogP contribution in [-0.2, 0) is 22.4 Å². The maximum absolute atomic E-state index is 12.8. The van der Waals surface area contributed by atoms with Crippen molar-refractivity contribution in [3.05, 3.63) is 21.4 Å². The van der Waals surface area contributed by atoms with Gasteiger partial charge in [-0.05, 0) is 50.2 Å². The van der Waals surface area contributed by atoms with Crippen molar-refractivity contribution in [2.24, 2.45) is 5.92 Å². The van der Waals surface area contributed by atoms with Crippen molar-refractivity contribution in [2.75, 3.05) is 39.4 Å². The van der Waals surface area contributed by atoms with Gasteiger partial charge in [-0.25, -0.2) is 0 Å². The number of piperidine rings is 1. The quantitative estimate of drug-likeness (QED) is 0.811. The molecule has 2 amide bonds. The van der Waals surface area contributed by atoms with E-state index < -0.39 is 0 Å². The average Bonchev–Trinajstić information content (AvgIpc) is 3.11. The van der Waals surface area contributed by atoms with Gasteiger partial charge in [0.05, 0.1) is 18.1 Å². The number of hydrogen-bond acceptors (Lipinski definition) is 4. The number of amides is 2. The molecule has 1 unspecified atom stereocenters. The van der Waals surface area contributed by atoms with Gasteiger partial charge in [-0.15, -0.1) is 11.3 Å². The van der Waals surface area contributed by atoms with Gasteiger partial charge in [0.2, 0.25) is 5.91 Å². The highest BCUT2D eigenvalue weighted by molar-refractivity contribution is 7.14. The van der Waals surface area contributed by atoms with E-state index in [1.54, 1.807) is 11.3 Å². The molecule has 1 aromatic heterocycles. The lowest BCUT2D eigenvalue weighted by Gasteiger charge is -2.31. The van der Waals surface area contributed by atoms with Crippen molar-refractivity contribution in [2.45, 2.75) is 38.5 Å². The molecule has 0 bridgehead atoms. The second-order valence-electron chi connectivity index (χ2n) is 7.29. The smallest absolute Gasteiger partial charge is 0.264 e. The molecule has 5 nitrogen and oxygen atoms in total. The van der Waals surface area contributed by atoms with E-state index in [4.69, 9.17) is 4.74 Å². The fourth-order valence-corrected chi connectivity index (χ4v) is 5.31. The Morgan fingerprint density at radius 3 is 2.56 bits per heavy atom. The minimum absolute atomic E-state index is 0.103. The highest BCUT2D eigenvalue weighted by atomic mass is 32.1. The Balaban J connectivity index is 1.43. The summed E-state index contributed by atoms with van der Waals surface area (Å²) in [5.74, 6) is 0.561. The number of carbonyl (C=O) groups excluding carboxylic acids is 2. The highest BCUT2D eigenvalue weighted by Crippen LogP contribution is 2.34. The normalized spacial score (nSPS) is 24.1. The van der Waals surface area contributed by atoms with Crippen molar-refractivity contribution in [3.63, 3.8) is 0 Å². The fourth-order valence-electron chi connectivity index (χ4n) is 4.13. The molecule has 0 radical (unpaired) electrons. The zero-order chi connectivity index (χ0) is 17.2. The molecular formula is C19H26N2O3S. The third kappa shape index (κ3) is 3.60. The molecule has 1 aliphatic carbocycles. The molecule has 0 N–H and O–H groups in total. The van der Waals surface area contributed by atoms with Crippen LogP contribution in [0.25, 0.3) is 0 Å². The van der Waals surface area contributed by atoms with Crippen LogP contribution in [0, 0.1) is 5.92 Å². The van der Waals surface area contributed by atoms with Gasteiger partial charge in [0, 0.05) is 37.0 Å². The summed E-state index contributed by atoms with van der Waals surface area (Å²) in [6.07, 6.45) is 6.18. The van der Waals surface area contributed by atoms with Gasteiger partial charge in [-0.2, -0.15) is 0 Å². The Kier molecular flexibility index (Phi) is 5.08. The van der Waals surface area contributed by atoms with E-state index >= 15 is 0 Å². The lowest BCUT2D eigenvalue weighted by atomic mass is 9.87. The van der Waals surface area contributed by atoms with E-state index in [9.17, 15) is 9.59 Å². The van der Waals surface area contributed by atoms with Crippen LogP contribution < -0.4 is 0 Å². The molecule has 3 aliphatic rings. The number of morpholine rings is 1. The van der Waals surface area contributed by atoms with E-state index in [1.165, 1.54) is 16.9 Å². The van der Waals surface area contributed by atoms with Crippen molar-refractivity contribution < 1.29 is 14.3 Å². The minimum Gasteiger partial charge on any atom is -0.378 e. The summed E-state index contributed by atoms with van der Waals surface area (Å²) < 4.78 is 5.33. The Bertz CT molecular complexity index is 645. The van der Waals surface area contributed by atoms with Gasteiger partial charge in [0.15, 0.2) is 0 Å². The number of ether oxygens (including phenoxy) is 1. The molecule has 0 aromatic carbocycles. The number of fused-ring (bicyclic) bond motifs is 1. The van der Waals surface area contributed by atoms with Crippen LogP contribution in [0.5, 0.6) is 0 Å². The van der Waals surface area contributed by atoms with Crippen LogP contribution >= 0.6 is 11.3 Å². The van der Waals surface area contributed by atoms with E-state index in [-0.39, 0.29) is 11.8 Å². The summed E-state index contributed by atoms with van der Waals surface area (Å²) in [5.41, 5.74) is 1.23. The van der Waals surface area contributed by atoms with Crippen LogP contribution in [-0.4, -0.2) is 61.0 Å². The molecule has 4 rings (SSSR count). The van der Waals surface area contributed by atoms with Gasteiger partial charge in [-0.1, -0.05) is 0 Å². The lowest BCUT2D eigenvalue weighted by molar-refractivity contribution is -0.136. The van der Waals surface area contributed by atoms with Crippen LogP contribution in [0.1, 0.15) is 45.8 Å². The van der Waals surface area contributed by atoms with Crippen molar-refractivity contribution >= 4 is 23.2 Å². The largest absolute Gasteiger partial charge is 0.378 e. The summed E-state index contributed by atoms with van der Waals surface area (Å²) in [6.45, 7) is 4.46. The van der Waals surface area contributed by atoms with Crippen molar-refractivity contribution in [3.8, 4) is 0 Å². The van der Waals surface area contributed by atoms with E-state index in [0.717, 1.165) is 50.1 Å². The van der Waals surface area contributed by atoms with Gasteiger partial charge in [0.25, 0.3) is 5.91 Å². The Labute approximate surface area is 152 Å². The van der Waals surface area contributed by atoms with Crippen molar-refractivity contribution in [1.29, 1.82) is 0 Å². The maximum Gasteiger partial charge on any atom is 0.264 e. The lowest BCUT2D eigenvalue weighted by Crippen LogP contribution is -2.41. The number of likely N-dealkylation sites (tertiary alicyclic amines) is 1. The molecule has 0 spiro atoms. The van der Waals surface area contributed by atoms with Crippen LogP contribution in [0.4, 0.5) is 0 Å². The van der Waals surface area contributed by atoms with E-state index in [1.807, 2.05) is 11.0 Å². The van der Waals surface area contributed by atoms with Gasteiger partial charge < -0.3 is 14.5 Å². The zero-order valence-electron chi connectivity index (χ0n) is 14.7. The summed E-state index contributed by atoms with van der Waals surface area (Å²) in [5, 5.41) is 0. The predicted molar refractivity (Wildman–Crippen MR) is 97.0 cm³/mol. The standard InChI is InChI=1S/C19H26N2O3S/c22-18(20-6-2-1-3-7-20)14-4-5-16-15(12-14)13-17(25-16)19(23)21-8-10-24-11-9-21/h13-14H,1-12H2. The zero-order valence-corrected chi connectivity index (χ0v) is 15.5. The summed E-state index contributed by atoms with van der Waals surface area (Å²) in [7, 11) is 0. The first kappa shape index (κ1) is 17.0. The molecule has 6 heteroatoms. The summed E-state index contributed by atoms with van der Waals surface area (Å²) in [6, 6.07) is 2.05. The highest BCUT2D eigenvalue weighted by Gasteiger charge is 2.31. The minimum atomic E-state index is 0.103. The summed E-state index contributed by atoms with van der Waals surface area (Å²) >= 11 is 1.63. The molecule has 25 heavy (non-hydrogen) atoms. The van der Waals surface area contributed by atoms with Gasteiger partial charge >= 0.3 is 0 Å². The number of nitrogens with zero attached hydrogens (tertiary/aromatic N) is 2. The number of rotatable bonds is 2. The third-order valence-electron chi connectivity index (χ3n) is 5.61. The topological polar surface area (TPSA) is 49.9 Å². The first-order valence-electron chi connectivity index (χ1n) is 9.50. The Morgan fingerprint density at radius 1 is 1.04 bits per heavy atom. The third-order valence-corrected chi connectivity index (χ3v) is 6.83. The SMILES string of the molecule is O=C(c1cc2c(s1)CCC(C(=O)N1CCCCC1)C2)N1CCOCC1. The van der Waals surface area contributed by atoms with Crippen LogP contribution in [0.15, 0.2) is 6.07 Å². The number of aryl methyl sites for hydroxylation is 1. The number of hydrogen-bond donors (Lipinski definition) is 0. The molecule has 2 fully saturated rings. The molecule has 2 aliphatic heterocycles. The maximum atomic E-state index is 12.8. The Morgan fingerprint density at radius 2 is 1.80 bits per heavy atom. The molecule has 2 saturated heterocycles. The molecule has 136 valence electrons. The second-order valence-corrected chi connectivity index (χ2v) is 8.43. The van der Waals surface area contributed by atoms with Gasteiger partial charge in [0.1, 0.15) is 0 Å². The van der Waals surface area contributed by atoms with Crippen LogP contribution in [0.3, 0.4) is 0 Å². The number of carbonyl (C=O) groups is 2. The Hall–Kier alpha value is -1.40. The summed E-state index contributed by atoms with van der Waals surface area (Å²) in [4.78, 5) is 31.6. The average molecular weight is 362 g/mol. The second kappa shape index (κ2) is 7.46.